The number of hydrogen-bond donors (Lipinski definition) is 0. The first-order chi connectivity index (χ1) is 14.1. The Hall–Kier alpha value is -3.32. The lowest BCUT2D eigenvalue weighted by Gasteiger charge is -2.11. The molecule has 0 saturated heterocycles. The second kappa shape index (κ2) is 9.75. The number of halogens is 1. The van der Waals surface area contributed by atoms with Crippen molar-refractivity contribution < 1.29 is 19.0 Å². The highest BCUT2D eigenvalue weighted by molar-refractivity contribution is 6.32. The predicted molar refractivity (Wildman–Crippen MR) is 109 cm³/mol. The molecule has 7 nitrogen and oxygen atoms in total. The third-order valence-electron chi connectivity index (χ3n) is 3.91. The van der Waals surface area contributed by atoms with Gasteiger partial charge in [-0.2, -0.15) is 0 Å². The number of esters is 1. The van der Waals surface area contributed by atoms with E-state index in [1.54, 1.807) is 47.7 Å². The highest BCUT2D eigenvalue weighted by Gasteiger charge is 2.10. The van der Waals surface area contributed by atoms with E-state index in [0.29, 0.717) is 28.7 Å². The first kappa shape index (κ1) is 20.4. The Morgan fingerprint density at radius 3 is 2.83 bits per heavy atom. The van der Waals surface area contributed by atoms with Crippen molar-refractivity contribution in [2.24, 2.45) is 0 Å². The van der Waals surface area contributed by atoms with Gasteiger partial charge < -0.3 is 14.2 Å². The Morgan fingerprint density at radius 1 is 1.31 bits per heavy atom. The Kier molecular flexibility index (Phi) is 6.86. The molecular weight excluding hydrogens is 394 g/mol. The number of ether oxygens (including phenoxy) is 3. The highest BCUT2D eigenvalue weighted by Crippen LogP contribution is 2.36. The van der Waals surface area contributed by atoms with Crippen LogP contribution in [-0.2, 0) is 16.1 Å². The van der Waals surface area contributed by atoms with Crippen molar-refractivity contribution in [1.29, 1.82) is 0 Å². The van der Waals surface area contributed by atoms with Crippen molar-refractivity contribution >= 4 is 23.6 Å². The molecule has 0 aliphatic carbocycles. The molecule has 0 aliphatic heterocycles. The summed E-state index contributed by atoms with van der Waals surface area (Å²) < 4.78 is 17.8. The van der Waals surface area contributed by atoms with Crippen LogP contribution >= 0.6 is 11.6 Å². The molecule has 0 radical (unpaired) electrons. The van der Waals surface area contributed by atoms with Gasteiger partial charge in [0, 0.05) is 30.2 Å². The van der Waals surface area contributed by atoms with Crippen molar-refractivity contribution in [1.82, 2.24) is 14.5 Å². The number of hydrogen-bond acceptors (Lipinski definition) is 6. The second-order valence-corrected chi connectivity index (χ2v) is 6.31. The lowest BCUT2D eigenvalue weighted by atomic mass is 10.2. The molecule has 0 saturated carbocycles. The van der Waals surface area contributed by atoms with E-state index in [-0.39, 0.29) is 6.61 Å². The maximum absolute atomic E-state index is 12.0. The topological polar surface area (TPSA) is 75.5 Å². The van der Waals surface area contributed by atoms with E-state index in [9.17, 15) is 4.79 Å². The predicted octanol–water partition coefficient (Wildman–Crippen LogP) is 4.08. The molecule has 0 atom stereocenters. The molecule has 29 heavy (non-hydrogen) atoms. The van der Waals surface area contributed by atoms with Crippen LogP contribution in [-0.4, -0.2) is 34.2 Å². The molecule has 0 amide bonds. The van der Waals surface area contributed by atoms with E-state index in [4.69, 9.17) is 25.8 Å². The Balaban J connectivity index is 1.60. The van der Waals surface area contributed by atoms with Crippen LogP contribution in [0.2, 0.25) is 5.02 Å². The quantitative estimate of drug-likeness (QED) is 0.409. The van der Waals surface area contributed by atoms with Crippen LogP contribution in [0.4, 0.5) is 0 Å². The minimum absolute atomic E-state index is 0.119. The summed E-state index contributed by atoms with van der Waals surface area (Å²) in [6, 6.07) is 7.11. The fourth-order valence-corrected chi connectivity index (χ4v) is 2.86. The van der Waals surface area contributed by atoms with Crippen molar-refractivity contribution in [2.75, 3.05) is 13.7 Å². The first-order valence-electron chi connectivity index (χ1n) is 8.89. The summed E-state index contributed by atoms with van der Waals surface area (Å²) >= 11 is 6.21. The van der Waals surface area contributed by atoms with E-state index < -0.39 is 5.97 Å². The maximum atomic E-state index is 12.0. The number of carbonyl (C=O) groups excluding carboxylic acids is 1. The van der Waals surface area contributed by atoms with Gasteiger partial charge in [0.25, 0.3) is 0 Å². The third kappa shape index (κ3) is 5.36. The monoisotopic (exact) mass is 413 g/mol. The summed E-state index contributed by atoms with van der Waals surface area (Å²) in [5.74, 6) is 1.23. The van der Waals surface area contributed by atoms with Crippen LogP contribution < -0.4 is 9.47 Å². The van der Waals surface area contributed by atoms with Gasteiger partial charge >= 0.3 is 5.97 Å². The number of benzene rings is 1. The van der Waals surface area contributed by atoms with Crippen LogP contribution in [0.5, 0.6) is 11.5 Å². The molecule has 0 spiro atoms. The van der Waals surface area contributed by atoms with Crippen molar-refractivity contribution in [3.05, 3.63) is 71.4 Å². The highest BCUT2D eigenvalue weighted by atomic mass is 35.5. The van der Waals surface area contributed by atoms with Crippen molar-refractivity contribution in [3.8, 4) is 17.3 Å². The maximum Gasteiger partial charge on any atom is 0.331 e. The van der Waals surface area contributed by atoms with E-state index >= 15 is 0 Å². The summed E-state index contributed by atoms with van der Waals surface area (Å²) in [6.07, 6.45) is 9.74. The SMILES string of the molecule is CCOc1cc(/C=C/C(=O)OCc2ccc(-n3ccnc3)nc2)cc(Cl)c1OC. The zero-order valence-electron chi connectivity index (χ0n) is 16.0. The average molecular weight is 414 g/mol. The number of methoxy groups -OCH3 is 1. The van der Waals surface area contributed by atoms with E-state index in [1.807, 2.05) is 19.1 Å². The zero-order chi connectivity index (χ0) is 20.6. The van der Waals surface area contributed by atoms with E-state index in [2.05, 4.69) is 9.97 Å². The summed E-state index contributed by atoms with van der Waals surface area (Å²) in [6.45, 7) is 2.45. The van der Waals surface area contributed by atoms with Crippen molar-refractivity contribution in [2.45, 2.75) is 13.5 Å². The molecular formula is C21H20ClN3O4. The first-order valence-corrected chi connectivity index (χ1v) is 9.27. The van der Waals surface area contributed by atoms with E-state index in [1.165, 1.54) is 13.2 Å². The fraction of sp³-hybridized carbons (Fsp3) is 0.190. The van der Waals surface area contributed by atoms with Crippen molar-refractivity contribution in [3.63, 3.8) is 0 Å². The Bertz CT molecular complexity index is 986. The number of pyridine rings is 1. The molecule has 3 aromatic rings. The molecule has 1 aromatic carbocycles. The minimum atomic E-state index is -0.478. The number of rotatable bonds is 8. The van der Waals surface area contributed by atoms with Gasteiger partial charge in [-0.1, -0.05) is 17.7 Å². The molecule has 2 heterocycles. The zero-order valence-corrected chi connectivity index (χ0v) is 16.8. The van der Waals surface area contributed by atoms with Gasteiger partial charge in [0.1, 0.15) is 18.8 Å². The van der Waals surface area contributed by atoms with E-state index in [0.717, 1.165) is 11.4 Å². The van der Waals surface area contributed by atoms with Gasteiger partial charge in [-0.15, -0.1) is 0 Å². The molecule has 0 aliphatic rings. The fourth-order valence-electron chi connectivity index (χ4n) is 2.56. The molecule has 0 fully saturated rings. The molecule has 8 heteroatoms. The minimum Gasteiger partial charge on any atom is -0.491 e. The number of imidazole rings is 1. The summed E-state index contributed by atoms with van der Waals surface area (Å²) in [5, 5.41) is 0.399. The summed E-state index contributed by atoms with van der Waals surface area (Å²) in [5.41, 5.74) is 1.48. The van der Waals surface area contributed by atoms with Gasteiger partial charge in [0.15, 0.2) is 11.5 Å². The van der Waals surface area contributed by atoms with Crippen LogP contribution in [0, 0.1) is 0 Å². The number of nitrogens with zero attached hydrogens (tertiary/aromatic N) is 3. The third-order valence-corrected chi connectivity index (χ3v) is 4.19. The number of carbonyl (C=O) groups is 1. The standard InChI is InChI=1S/C21H20ClN3O4/c1-3-28-18-11-15(10-17(22)21(18)27-2)5-7-20(26)29-13-16-4-6-19(24-12-16)25-9-8-23-14-25/h4-12,14H,3,13H2,1-2H3/b7-5+. The van der Waals surface area contributed by atoms with Crippen LogP contribution in [0.1, 0.15) is 18.1 Å². The largest absolute Gasteiger partial charge is 0.491 e. The van der Waals surface area contributed by atoms with Crippen LogP contribution in [0.25, 0.3) is 11.9 Å². The summed E-state index contributed by atoms with van der Waals surface area (Å²) in [4.78, 5) is 20.3. The van der Waals surface area contributed by atoms with Crippen LogP contribution in [0.3, 0.4) is 0 Å². The van der Waals surface area contributed by atoms with Gasteiger partial charge in [-0.05, 0) is 36.8 Å². The van der Waals surface area contributed by atoms with Gasteiger partial charge in [-0.25, -0.2) is 14.8 Å². The Morgan fingerprint density at radius 2 is 2.17 bits per heavy atom. The molecule has 3 rings (SSSR count). The van der Waals surface area contributed by atoms with Crippen LogP contribution in [0.15, 0.2) is 55.3 Å². The molecule has 0 unspecified atom stereocenters. The molecule has 0 N–H and O–H groups in total. The van der Waals surface area contributed by atoms with Gasteiger partial charge in [-0.3, -0.25) is 4.57 Å². The summed E-state index contributed by atoms with van der Waals surface area (Å²) in [7, 11) is 1.52. The lowest BCUT2D eigenvalue weighted by Crippen LogP contribution is -2.02. The molecule has 2 aromatic heterocycles. The number of aromatic nitrogens is 3. The Labute approximate surface area is 173 Å². The second-order valence-electron chi connectivity index (χ2n) is 5.90. The molecule has 0 bridgehead atoms. The lowest BCUT2D eigenvalue weighted by molar-refractivity contribution is -0.138. The smallest absolute Gasteiger partial charge is 0.331 e. The molecule has 150 valence electrons. The average Bonchev–Trinajstić information content (AvgIpc) is 3.26. The van der Waals surface area contributed by atoms with Gasteiger partial charge in [0.05, 0.1) is 18.7 Å². The normalized spacial score (nSPS) is 10.9. The van der Waals surface area contributed by atoms with Gasteiger partial charge in [0.2, 0.25) is 0 Å².